The van der Waals surface area contributed by atoms with Crippen LogP contribution in [0, 0.1) is 71.0 Å². The summed E-state index contributed by atoms with van der Waals surface area (Å²) in [6.45, 7) is 13.4. The van der Waals surface area contributed by atoms with Crippen molar-refractivity contribution in [3.05, 3.63) is 0 Å². The SMILES string of the molecule is CCCCCCCC[C@H]1CC[C@H](C(=O)O[C@@]2(C(=O)[C@H]3CC[C@H](CCCCCCCC)CC3)[C@@](OC(=O)[C@H]3CC[C@H](CCCCCCCC)CC3)(C(=O)[C@H]3CC[C@H](CCCCCCCC)CC3)[C@@H](O)[C@H](O)[C@@H](O)[C@@]2(OC(=O)[C@H]2CC[C@H](CCCCCCCC)CC2)C(=O)[C@H]2CC[C@H](CCCCCCCC)CC2)CC1. The standard InChI is InChI=1S/C96H168O12/c1-7-13-19-25-31-37-43-73-49-61-79(62-50-73)86(98)94(106-91(103)82-67-55-76(56-68-82)46-40-34-28-22-16-10-4)89(101)85(97)90(102)95(87(99)80-63-51-74(52-64-80)44-38-32-26-20-14-8-2,107-92(104)83-69-57-77(58-70-83)47-41-35-29-23-17-11-5)96(94,88(100)81-65-53-75(54-66-81)45-39-33-27-21-15-9-3)108-93(105)84-71-59-78(60-72-84)48-42-36-30-24-18-12-6/h73-85,89-90,97,101-102H,7-72H2,1-6H3/t73-,74-,75-,76-,77-,78-,79-,80-,81-,82-,83-,84-,85-,89-,90+,94+,95-,96-. The molecule has 0 aromatic heterocycles. The van der Waals surface area contributed by atoms with Crippen LogP contribution in [0.2, 0.25) is 0 Å². The summed E-state index contributed by atoms with van der Waals surface area (Å²) in [6, 6.07) is 0. The van der Waals surface area contributed by atoms with Crippen molar-refractivity contribution < 1.29 is 58.3 Å². The first-order chi connectivity index (χ1) is 52.6. The Morgan fingerprint density at radius 2 is 0.407 bits per heavy atom. The maximum Gasteiger partial charge on any atom is 0.310 e. The van der Waals surface area contributed by atoms with Crippen LogP contribution >= 0.6 is 0 Å². The normalized spacial score (nSPS) is 31.9. The van der Waals surface area contributed by atoms with E-state index in [0.717, 1.165) is 141 Å². The smallest absolute Gasteiger partial charge is 0.310 e. The van der Waals surface area contributed by atoms with E-state index in [1.807, 2.05) is 0 Å². The molecule has 0 amide bonds. The number of ketones is 3. The molecule has 0 heterocycles. The fourth-order valence-corrected chi connectivity index (χ4v) is 22.0. The van der Waals surface area contributed by atoms with Gasteiger partial charge in [0.05, 0.1) is 17.8 Å². The largest absolute Gasteiger partial charge is 0.443 e. The zero-order chi connectivity index (χ0) is 77.4. The minimum Gasteiger partial charge on any atom is -0.443 e. The Bertz CT molecular complexity index is 2350. The molecule has 7 saturated carbocycles. The van der Waals surface area contributed by atoms with Crippen LogP contribution in [0.25, 0.3) is 0 Å². The van der Waals surface area contributed by atoms with Gasteiger partial charge in [-0.2, -0.15) is 0 Å². The first kappa shape index (κ1) is 92.5. The van der Waals surface area contributed by atoms with Crippen LogP contribution in [0.4, 0.5) is 0 Å². The summed E-state index contributed by atoms with van der Waals surface area (Å²) < 4.78 is 22.3. The summed E-state index contributed by atoms with van der Waals surface area (Å²) in [5.74, 6) is -8.68. The van der Waals surface area contributed by atoms with Crippen molar-refractivity contribution in [3.8, 4) is 0 Å². The lowest BCUT2D eigenvalue weighted by molar-refractivity contribution is -0.329. The van der Waals surface area contributed by atoms with Crippen molar-refractivity contribution in [1.29, 1.82) is 0 Å². The van der Waals surface area contributed by atoms with Crippen molar-refractivity contribution >= 4 is 35.3 Å². The zero-order valence-electron chi connectivity index (χ0n) is 70.8. The van der Waals surface area contributed by atoms with E-state index in [0.29, 0.717) is 145 Å². The number of esters is 3. The molecule has 3 N–H and O–H groups in total. The van der Waals surface area contributed by atoms with Crippen molar-refractivity contribution in [2.45, 2.75) is 500 Å². The molecular weight excluding hydrogens is 1350 g/mol. The molecule has 7 aliphatic rings. The molecule has 0 saturated heterocycles. The third-order valence-electron chi connectivity index (χ3n) is 29.4. The molecule has 0 aliphatic heterocycles. The Morgan fingerprint density at radius 3 is 0.620 bits per heavy atom. The molecule has 7 aliphatic carbocycles. The van der Waals surface area contributed by atoms with Crippen molar-refractivity contribution in [3.63, 3.8) is 0 Å². The third-order valence-corrected chi connectivity index (χ3v) is 29.4. The van der Waals surface area contributed by atoms with E-state index >= 15 is 28.8 Å². The Kier molecular flexibility index (Phi) is 43.9. The van der Waals surface area contributed by atoms with Crippen LogP contribution in [0.3, 0.4) is 0 Å². The van der Waals surface area contributed by atoms with Gasteiger partial charge in [-0.15, -0.1) is 0 Å². The number of aliphatic hydroxyl groups is 3. The van der Waals surface area contributed by atoms with Crippen LogP contribution in [0.1, 0.15) is 465 Å². The fourth-order valence-electron chi connectivity index (χ4n) is 22.0. The van der Waals surface area contributed by atoms with E-state index in [2.05, 4.69) is 41.5 Å². The van der Waals surface area contributed by atoms with E-state index in [1.54, 1.807) is 0 Å². The number of aliphatic hydroxyl groups excluding tert-OH is 3. The Balaban J connectivity index is 1.42. The quantitative estimate of drug-likeness (QED) is 0.0297. The molecule has 12 nitrogen and oxygen atoms in total. The van der Waals surface area contributed by atoms with Crippen molar-refractivity contribution in [2.24, 2.45) is 71.0 Å². The second-order valence-electron chi connectivity index (χ2n) is 37.5. The van der Waals surface area contributed by atoms with Gasteiger partial charge in [-0.25, -0.2) is 0 Å². The summed E-state index contributed by atoms with van der Waals surface area (Å²) in [7, 11) is 0. The summed E-state index contributed by atoms with van der Waals surface area (Å²) >= 11 is 0. The number of carbonyl (C=O) groups excluding carboxylic acids is 6. The molecular formula is C96H168O12. The number of carbonyl (C=O) groups is 6. The van der Waals surface area contributed by atoms with Crippen LogP contribution in [-0.4, -0.2) is 85.7 Å². The maximum atomic E-state index is 18.3. The average molecular weight is 1510 g/mol. The van der Waals surface area contributed by atoms with Gasteiger partial charge < -0.3 is 29.5 Å². The lowest BCUT2D eigenvalue weighted by Crippen LogP contribution is -2.92. The van der Waals surface area contributed by atoms with Crippen molar-refractivity contribution in [1.82, 2.24) is 0 Å². The highest BCUT2D eigenvalue weighted by Gasteiger charge is 2.89. The second-order valence-corrected chi connectivity index (χ2v) is 37.5. The number of hydrogen-bond donors (Lipinski definition) is 3. The number of Topliss-reactive ketones (excluding diaryl/α,β-unsaturated/α-hetero) is 3. The highest BCUT2D eigenvalue weighted by molar-refractivity contribution is 6.12. The fraction of sp³-hybridized carbons (Fsp3) is 0.938. The minimum absolute atomic E-state index is 0.272. The molecule has 12 heteroatoms. The number of ether oxygens (including phenoxy) is 3. The van der Waals surface area contributed by atoms with Crippen LogP contribution < -0.4 is 0 Å². The minimum atomic E-state index is -3.45. The molecule has 0 bridgehead atoms. The Hall–Kier alpha value is -2.70. The molecule has 7 fully saturated rings. The predicted octanol–water partition coefficient (Wildman–Crippen LogP) is 25.0. The van der Waals surface area contributed by atoms with Gasteiger partial charge in [0, 0.05) is 17.8 Å². The maximum absolute atomic E-state index is 18.3. The Morgan fingerprint density at radius 1 is 0.231 bits per heavy atom. The number of unbranched alkanes of at least 4 members (excludes halogenated alkanes) is 30. The summed E-state index contributed by atoms with van der Waals surface area (Å²) in [5.41, 5.74) is -10.1. The highest BCUT2D eigenvalue weighted by Crippen LogP contribution is 2.59. The first-order valence-electron chi connectivity index (χ1n) is 47.9. The van der Waals surface area contributed by atoms with Gasteiger partial charge in [0.25, 0.3) is 5.60 Å². The molecule has 0 unspecified atom stereocenters. The average Bonchev–Trinajstić information content (AvgIpc) is 0.659. The Labute approximate surface area is 661 Å². The van der Waals surface area contributed by atoms with Gasteiger partial charge in [-0.3, -0.25) is 28.8 Å². The van der Waals surface area contributed by atoms with Crippen LogP contribution in [0.15, 0.2) is 0 Å². The summed E-state index contributed by atoms with van der Waals surface area (Å²) in [5, 5.41) is 41.9. The molecule has 0 spiro atoms. The number of hydrogen-bond acceptors (Lipinski definition) is 12. The van der Waals surface area contributed by atoms with E-state index in [1.165, 1.54) is 154 Å². The van der Waals surface area contributed by atoms with Gasteiger partial charge in [-0.05, 0) is 190 Å². The lowest BCUT2D eigenvalue weighted by Gasteiger charge is -2.63. The third kappa shape index (κ3) is 26.9. The highest BCUT2D eigenvalue weighted by atomic mass is 16.7. The zero-order valence-corrected chi connectivity index (χ0v) is 70.8. The van der Waals surface area contributed by atoms with E-state index in [9.17, 15) is 15.3 Å². The summed E-state index contributed by atoms with van der Waals surface area (Å²) in [6.07, 6.45) is 52.9. The van der Waals surface area contributed by atoms with Gasteiger partial charge in [0.2, 0.25) is 11.2 Å². The van der Waals surface area contributed by atoms with E-state index in [4.69, 9.17) is 14.2 Å². The van der Waals surface area contributed by atoms with E-state index < -0.39 is 106 Å². The van der Waals surface area contributed by atoms with Gasteiger partial charge >= 0.3 is 17.9 Å². The number of rotatable bonds is 54. The molecule has 108 heavy (non-hydrogen) atoms. The van der Waals surface area contributed by atoms with Crippen LogP contribution in [-0.2, 0) is 43.0 Å². The van der Waals surface area contributed by atoms with E-state index in [-0.39, 0.29) is 18.8 Å². The molecule has 0 aromatic carbocycles. The van der Waals surface area contributed by atoms with Gasteiger partial charge in [0.1, 0.15) is 18.3 Å². The predicted molar refractivity (Wildman–Crippen MR) is 440 cm³/mol. The monoisotopic (exact) mass is 1510 g/mol. The van der Waals surface area contributed by atoms with Crippen LogP contribution in [0.5, 0.6) is 0 Å². The van der Waals surface area contributed by atoms with Gasteiger partial charge in [-0.1, -0.05) is 311 Å². The summed E-state index contributed by atoms with van der Waals surface area (Å²) in [4.78, 5) is 104. The molecule has 624 valence electrons. The topological polar surface area (TPSA) is 191 Å². The molecule has 0 aromatic rings. The van der Waals surface area contributed by atoms with Crippen molar-refractivity contribution in [2.75, 3.05) is 0 Å². The molecule has 6 atom stereocenters. The lowest BCUT2D eigenvalue weighted by atomic mass is 9.49. The second kappa shape index (κ2) is 51.3. The first-order valence-corrected chi connectivity index (χ1v) is 47.9. The molecule has 7 rings (SSSR count). The molecule has 0 radical (unpaired) electrons. The van der Waals surface area contributed by atoms with Gasteiger partial charge in [0.15, 0.2) is 17.3 Å².